The average Bonchev–Trinajstić information content (AvgIpc) is 2.79. The van der Waals surface area contributed by atoms with Gasteiger partial charge < -0.3 is 20.3 Å². The number of halogens is 1. The normalized spacial score (nSPS) is 18.4. The number of amides is 2. The van der Waals surface area contributed by atoms with E-state index in [-0.39, 0.29) is 30.6 Å². The summed E-state index contributed by atoms with van der Waals surface area (Å²) >= 11 is 0. The molecule has 2 N–H and O–H groups in total. The maximum absolute atomic E-state index is 14.8. The monoisotopic (exact) mass is 456 g/mol. The van der Waals surface area contributed by atoms with E-state index in [9.17, 15) is 9.18 Å². The molecule has 0 radical (unpaired) electrons. The zero-order valence-corrected chi connectivity index (χ0v) is 20.2. The van der Waals surface area contributed by atoms with Gasteiger partial charge in [-0.25, -0.2) is 9.18 Å². The Labute approximate surface area is 197 Å². The number of rotatable bonds is 9. The van der Waals surface area contributed by atoms with Crippen LogP contribution in [-0.2, 0) is 24.4 Å². The van der Waals surface area contributed by atoms with Crippen molar-refractivity contribution in [2.45, 2.75) is 59.5 Å². The molecule has 0 bridgehead atoms. The Morgan fingerprint density at radius 2 is 1.67 bits per heavy atom. The van der Waals surface area contributed by atoms with Crippen LogP contribution in [0.5, 0.6) is 0 Å². The molecular weight excluding hydrogens is 419 g/mol. The Hall–Kier alpha value is -2.64. The molecular formula is C26H37FN4O2. The molecule has 0 aromatic heterocycles. The smallest absolute Gasteiger partial charge is 0.315 e. The molecule has 2 amide bonds. The summed E-state index contributed by atoms with van der Waals surface area (Å²) in [5.41, 5.74) is 3.62. The molecule has 33 heavy (non-hydrogen) atoms. The summed E-state index contributed by atoms with van der Waals surface area (Å²) in [6.45, 7) is 13.2. The molecule has 2 aromatic rings. The molecule has 2 aromatic carbocycles. The van der Waals surface area contributed by atoms with Gasteiger partial charge in [-0.3, -0.25) is 4.90 Å². The van der Waals surface area contributed by atoms with Crippen LogP contribution in [0.3, 0.4) is 0 Å². The van der Waals surface area contributed by atoms with E-state index < -0.39 is 0 Å². The minimum absolute atomic E-state index is 0.0651. The number of hydrogen-bond acceptors (Lipinski definition) is 4. The second-order valence-corrected chi connectivity index (χ2v) is 8.71. The Kier molecular flexibility index (Phi) is 9.09. The molecule has 0 spiro atoms. The number of nitrogens with zero attached hydrogens (tertiary/aromatic N) is 2. The van der Waals surface area contributed by atoms with Crippen molar-refractivity contribution in [1.82, 2.24) is 15.5 Å². The zero-order chi connectivity index (χ0) is 23.8. The number of morpholine rings is 1. The summed E-state index contributed by atoms with van der Waals surface area (Å²) in [5.74, 6) is -0.277. The largest absolute Gasteiger partial charge is 0.372 e. The van der Waals surface area contributed by atoms with Crippen LogP contribution in [0.4, 0.5) is 14.9 Å². The molecule has 6 nitrogen and oxygen atoms in total. The lowest BCUT2D eigenvalue weighted by atomic mass is 10.1. The van der Waals surface area contributed by atoms with Crippen molar-refractivity contribution in [3.63, 3.8) is 0 Å². The van der Waals surface area contributed by atoms with Crippen LogP contribution >= 0.6 is 0 Å². The lowest BCUT2D eigenvalue weighted by Crippen LogP contribution is -2.45. The number of benzene rings is 2. The highest BCUT2D eigenvalue weighted by Crippen LogP contribution is 2.24. The highest BCUT2D eigenvalue weighted by Gasteiger charge is 2.24. The highest BCUT2D eigenvalue weighted by molar-refractivity contribution is 5.73. The van der Waals surface area contributed by atoms with Gasteiger partial charge in [-0.15, -0.1) is 0 Å². The Morgan fingerprint density at radius 3 is 2.30 bits per heavy atom. The van der Waals surface area contributed by atoms with E-state index in [1.165, 1.54) is 11.6 Å². The van der Waals surface area contributed by atoms with Crippen molar-refractivity contribution in [2.24, 2.45) is 0 Å². The number of hydrogen-bond donors (Lipinski definition) is 2. The first kappa shape index (κ1) is 25.0. The first-order chi connectivity index (χ1) is 15.9. The lowest BCUT2D eigenvalue weighted by molar-refractivity contribution is -0.00539. The predicted molar refractivity (Wildman–Crippen MR) is 131 cm³/mol. The van der Waals surface area contributed by atoms with Gasteiger partial charge in [-0.1, -0.05) is 44.2 Å². The molecule has 180 valence electrons. The Morgan fingerprint density at radius 1 is 1.03 bits per heavy atom. The number of urea groups is 1. The van der Waals surface area contributed by atoms with Gasteiger partial charge in [0.15, 0.2) is 0 Å². The van der Waals surface area contributed by atoms with E-state index in [4.69, 9.17) is 4.74 Å². The van der Waals surface area contributed by atoms with Gasteiger partial charge in [0, 0.05) is 32.7 Å². The summed E-state index contributed by atoms with van der Waals surface area (Å²) in [6.07, 6.45) is 0.130. The standard InChI is InChI=1S/C26H37FN4O2/c1-5-30(6-2)18-23-10-8-7-9-22(23)15-29-26(32)28-14-21-11-12-25(24(27)13-21)31-16-19(3)33-20(4)17-31/h7-13,19-20H,5-6,14-18H2,1-4H3,(H2,28,29,32)/t19-,20+. The topological polar surface area (TPSA) is 56.8 Å². The van der Waals surface area contributed by atoms with Crippen molar-refractivity contribution < 1.29 is 13.9 Å². The lowest BCUT2D eigenvalue weighted by Gasteiger charge is -2.37. The second-order valence-electron chi connectivity index (χ2n) is 8.71. The minimum Gasteiger partial charge on any atom is -0.372 e. The van der Waals surface area contributed by atoms with Gasteiger partial charge >= 0.3 is 6.03 Å². The van der Waals surface area contributed by atoms with Gasteiger partial charge in [0.05, 0.1) is 17.9 Å². The van der Waals surface area contributed by atoms with Crippen LogP contribution in [0.2, 0.25) is 0 Å². The molecule has 1 saturated heterocycles. The van der Waals surface area contributed by atoms with E-state index >= 15 is 0 Å². The van der Waals surface area contributed by atoms with E-state index in [1.807, 2.05) is 43.0 Å². The zero-order valence-electron chi connectivity index (χ0n) is 20.2. The first-order valence-electron chi connectivity index (χ1n) is 11.9. The van der Waals surface area contributed by atoms with Crippen molar-refractivity contribution in [3.8, 4) is 0 Å². The molecule has 1 aliphatic heterocycles. The molecule has 1 fully saturated rings. The van der Waals surface area contributed by atoms with Gasteiger partial charge in [-0.05, 0) is 55.8 Å². The average molecular weight is 457 g/mol. The van der Waals surface area contributed by atoms with Gasteiger partial charge in [0.2, 0.25) is 0 Å². The predicted octanol–water partition coefficient (Wildman–Crippen LogP) is 4.28. The molecule has 0 saturated carbocycles. The number of ether oxygens (including phenoxy) is 1. The fourth-order valence-corrected chi connectivity index (χ4v) is 4.28. The van der Waals surface area contributed by atoms with Crippen molar-refractivity contribution in [1.29, 1.82) is 0 Å². The number of carbonyl (C=O) groups is 1. The van der Waals surface area contributed by atoms with E-state index in [0.29, 0.717) is 25.3 Å². The summed E-state index contributed by atoms with van der Waals surface area (Å²) in [6, 6.07) is 13.0. The van der Waals surface area contributed by atoms with Gasteiger partial charge in [0.1, 0.15) is 5.82 Å². The third kappa shape index (κ3) is 7.17. The number of nitrogens with one attached hydrogen (secondary N) is 2. The van der Waals surface area contributed by atoms with Gasteiger partial charge in [-0.2, -0.15) is 0 Å². The van der Waals surface area contributed by atoms with E-state index in [2.05, 4.69) is 35.4 Å². The third-order valence-corrected chi connectivity index (χ3v) is 6.07. The van der Waals surface area contributed by atoms with Gasteiger partial charge in [0.25, 0.3) is 0 Å². The molecule has 0 unspecified atom stereocenters. The van der Waals surface area contributed by atoms with Crippen LogP contribution in [0.15, 0.2) is 42.5 Å². The minimum atomic E-state index is -0.277. The van der Waals surface area contributed by atoms with Crippen molar-refractivity contribution in [2.75, 3.05) is 31.1 Å². The molecule has 0 aliphatic carbocycles. The molecule has 7 heteroatoms. The fraction of sp³-hybridized carbons (Fsp3) is 0.500. The van der Waals surface area contributed by atoms with Crippen LogP contribution in [0.1, 0.15) is 44.4 Å². The van der Waals surface area contributed by atoms with Crippen LogP contribution in [0, 0.1) is 5.82 Å². The van der Waals surface area contributed by atoms with Crippen molar-refractivity contribution >= 4 is 11.7 Å². The maximum Gasteiger partial charge on any atom is 0.315 e. The number of carbonyl (C=O) groups excluding carboxylic acids is 1. The summed E-state index contributed by atoms with van der Waals surface area (Å²) in [5, 5.41) is 5.75. The van der Waals surface area contributed by atoms with Crippen molar-refractivity contribution in [3.05, 3.63) is 65.0 Å². The Bertz CT molecular complexity index is 909. The maximum atomic E-state index is 14.8. The SMILES string of the molecule is CCN(CC)Cc1ccccc1CNC(=O)NCc1ccc(N2C[C@@H](C)O[C@@H](C)C2)c(F)c1. The highest BCUT2D eigenvalue weighted by atomic mass is 19.1. The fourth-order valence-electron chi connectivity index (χ4n) is 4.28. The quantitative estimate of drug-likeness (QED) is 0.591. The van der Waals surface area contributed by atoms with Crippen LogP contribution < -0.4 is 15.5 Å². The first-order valence-corrected chi connectivity index (χ1v) is 11.9. The molecule has 2 atom stereocenters. The molecule has 1 heterocycles. The van der Waals surface area contributed by atoms with E-state index in [0.717, 1.165) is 30.8 Å². The molecule has 1 aliphatic rings. The number of anilines is 1. The van der Waals surface area contributed by atoms with Crippen LogP contribution in [0.25, 0.3) is 0 Å². The third-order valence-electron chi connectivity index (χ3n) is 6.07. The van der Waals surface area contributed by atoms with Crippen LogP contribution in [-0.4, -0.2) is 49.3 Å². The summed E-state index contributed by atoms with van der Waals surface area (Å²) < 4.78 is 20.5. The van der Waals surface area contributed by atoms with E-state index in [1.54, 1.807) is 6.07 Å². The second kappa shape index (κ2) is 12.0. The summed E-state index contributed by atoms with van der Waals surface area (Å²) in [4.78, 5) is 16.7. The molecule has 3 rings (SSSR count). The Balaban J connectivity index is 1.52. The summed E-state index contributed by atoms with van der Waals surface area (Å²) in [7, 11) is 0.